The molecule has 4 unspecified atom stereocenters. The molecule has 218 valence electrons. The third-order valence-electron chi connectivity index (χ3n) is 10.8. The summed E-state index contributed by atoms with van der Waals surface area (Å²) in [7, 11) is 0. The molecular weight excluding hydrogens is 520 g/mol. The van der Waals surface area contributed by atoms with Crippen molar-refractivity contribution < 1.29 is 0 Å². The first-order valence-corrected chi connectivity index (χ1v) is 16.8. The Morgan fingerprint density at radius 3 is 2.49 bits per heavy atom. The monoisotopic (exact) mass is 564 g/mol. The average molecular weight is 565 g/mol. The third kappa shape index (κ3) is 4.62. The van der Waals surface area contributed by atoms with Crippen molar-refractivity contribution in [2.24, 2.45) is 0 Å². The van der Waals surface area contributed by atoms with E-state index in [9.17, 15) is 0 Å². The molecule has 8 rings (SSSR count). The Morgan fingerprint density at radius 2 is 1.70 bits per heavy atom. The van der Waals surface area contributed by atoms with Gasteiger partial charge in [0.1, 0.15) is 0 Å². The van der Waals surface area contributed by atoms with Gasteiger partial charge in [0, 0.05) is 40.5 Å². The van der Waals surface area contributed by atoms with Crippen molar-refractivity contribution in [2.45, 2.75) is 94.3 Å². The van der Waals surface area contributed by atoms with Gasteiger partial charge in [-0.15, -0.1) is 0 Å². The number of benzene rings is 2. The van der Waals surface area contributed by atoms with Gasteiger partial charge in [-0.05, 0) is 87.1 Å². The highest BCUT2D eigenvalue weighted by atomic mass is 15.2. The van der Waals surface area contributed by atoms with E-state index in [1.54, 1.807) is 5.56 Å². The van der Waals surface area contributed by atoms with Gasteiger partial charge in [-0.25, -0.2) is 0 Å². The fourth-order valence-electron chi connectivity index (χ4n) is 8.74. The Bertz CT molecular complexity index is 1660. The highest BCUT2D eigenvalue weighted by Crippen LogP contribution is 2.50. The molecule has 6 aliphatic carbocycles. The molecule has 0 heterocycles. The molecule has 0 radical (unpaired) electrons. The maximum atomic E-state index is 2.82. The summed E-state index contributed by atoms with van der Waals surface area (Å²) < 4.78 is 0. The highest BCUT2D eigenvalue weighted by Gasteiger charge is 2.39. The molecule has 2 aromatic rings. The smallest absolute Gasteiger partial charge is 0.0600 e. The molecule has 0 amide bonds. The van der Waals surface area contributed by atoms with Gasteiger partial charge in [-0.3, -0.25) is 0 Å². The van der Waals surface area contributed by atoms with E-state index in [0.717, 1.165) is 25.7 Å². The number of allylic oxidation sites excluding steroid dienone is 8. The second-order valence-electron chi connectivity index (χ2n) is 13.5. The zero-order valence-corrected chi connectivity index (χ0v) is 25.5. The van der Waals surface area contributed by atoms with Gasteiger partial charge < -0.3 is 9.80 Å². The van der Waals surface area contributed by atoms with Crippen LogP contribution in [-0.2, 0) is 0 Å². The summed E-state index contributed by atoms with van der Waals surface area (Å²) >= 11 is 0. The summed E-state index contributed by atoms with van der Waals surface area (Å²) in [6.07, 6.45) is 46.1. The molecule has 0 spiro atoms. The first-order valence-electron chi connectivity index (χ1n) is 16.8. The number of nitrogens with zero attached hydrogens (tertiary/aromatic N) is 2. The van der Waals surface area contributed by atoms with Gasteiger partial charge >= 0.3 is 0 Å². The molecule has 43 heavy (non-hydrogen) atoms. The number of rotatable bonds is 6. The first-order chi connectivity index (χ1) is 21.2. The summed E-state index contributed by atoms with van der Waals surface area (Å²) in [6, 6.07) is 11.1. The van der Waals surface area contributed by atoms with Gasteiger partial charge in [0.25, 0.3) is 0 Å². The predicted molar refractivity (Wildman–Crippen MR) is 184 cm³/mol. The van der Waals surface area contributed by atoms with Crippen LogP contribution in [0.3, 0.4) is 0 Å². The van der Waals surface area contributed by atoms with E-state index in [1.807, 2.05) is 0 Å². The lowest BCUT2D eigenvalue weighted by Gasteiger charge is -2.49. The van der Waals surface area contributed by atoms with Gasteiger partial charge in [-0.1, -0.05) is 109 Å². The quantitative estimate of drug-likeness (QED) is 0.322. The van der Waals surface area contributed by atoms with E-state index < -0.39 is 0 Å². The predicted octanol–water partition coefficient (Wildman–Crippen LogP) is 10.2. The number of anilines is 1. The molecule has 0 fully saturated rings. The highest BCUT2D eigenvalue weighted by molar-refractivity contribution is 6.03. The second kappa shape index (κ2) is 11.1. The molecule has 0 N–H and O–H groups in total. The molecular formula is C41H44N2. The van der Waals surface area contributed by atoms with Crippen LogP contribution < -0.4 is 4.90 Å². The number of hydrogen-bond donors (Lipinski definition) is 0. The van der Waals surface area contributed by atoms with Crippen molar-refractivity contribution >= 4 is 28.2 Å². The molecule has 2 nitrogen and oxygen atoms in total. The topological polar surface area (TPSA) is 6.48 Å². The molecule has 0 aromatic heterocycles. The standard InChI is InChI=1S/C41H44N2/c1-41(28-12-5-13-29-41)43(34-18-10-4-11-19-34)38-27-23-31-20-24-35-37(26-22-30-21-25-36(38)40(31)39(30)35)42(32-14-6-2-7-15-32)33-16-8-3-9-17-33/h2,4-6,8,10-13,16,18,20-22,24-28,31-34H,3,7,9,14-15,17,19,23,29H2,1H3/t31-,32?,33?,34?,41?/m0/s1. The Kier molecular flexibility index (Phi) is 6.89. The summed E-state index contributed by atoms with van der Waals surface area (Å²) in [5, 5.41) is 2.88. The zero-order valence-electron chi connectivity index (χ0n) is 25.5. The van der Waals surface area contributed by atoms with Gasteiger partial charge in [0.05, 0.1) is 11.6 Å². The van der Waals surface area contributed by atoms with E-state index in [2.05, 4.69) is 132 Å². The van der Waals surface area contributed by atoms with Crippen molar-refractivity contribution in [2.75, 3.05) is 4.90 Å². The summed E-state index contributed by atoms with van der Waals surface area (Å²) in [4.78, 5) is 5.57. The Balaban J connectivity index is 1.29. The normalized spacial score (nSPS) is 30.1. The molecule has 2 aromatic carbocycles. The van der Waals surface area contributed by atoms with Crippen LogP contribution >= 0.6 is 0 Å². The maximum absolute atomic E-state index is 2.82. The molecule has 6 aliphatic rings. The summed E-state index contributed by atoms with van der Waals surface area (Å²) in [5.41, 5.74) is 7.21. The van der Waals surface area contributed by atoms with Crippen LogP contribution in [-0.4, -0.2) is 28.6 Å². The van der Waals surface area contributed by atoms with Crippen molar-refractivity contribution in [1.29, 1.82) is 0 Å². The fourth-order valence-corrected chi connectivity index (χ4v) is 8.74. The molecule has 2 heteroatoms. The minimum Gasteiger partial charge on any atom is -0.361 e. The van der Waals surface area contributed by atoms with Gasteiger partial charge in [0.2, 0.25) is 0 Å². The minimum absolute atomic E-state index is 0.0664. The maximum Gasteiger partial charge on any atom is 0.0600 e. The molecule has 0 bridgehead atoms. The lowest BCUT2D eigenvalue weighted by atomic mass is 9.75. The first kappa shape index (κ1) is 26.8. The van der Waals surface area contributed by atoms with Crippen LogP contribution in [0, 0.1) is 0 Å². The van der Waals surface area contributed by atoms with Crippen molar-refractivity contribution in [3.8, 4) is 0 Å². The van der Waals surface area contributed by atoms with E-state index in [4.69, 9.17) is 0 Å². The molecule has 0 aliphatic heterocycles. The van der Waals surface area contributed by atoms with Crippen molar-refractivity contribution in [3.05, 3.63) is 126 Å². The lowest BCUT2D eigenvalue weighted by Crippen LogP contribution is -2.49. The van der Waals surface area contributed by atoms with Gasteiger partial charge in [0.15, 0.2) is 0 Å². The fraction of sp³-hybridized carbons (Fsp3) is 0.366. The Labute approximate surface area is 257 Å². The third-order valence-corrected chi connectivity index (χ3v) is 10.8. The van der Waals surface area contributed by atoms with Gasteiger partial charge in [-0.2, -0.15) is 0 Å². The van der Waals surface area contributed by atoms with Crippen LogP contribution in [0.2, 0.25) is 0 Å². The summed E-state index contributed by atoms with van der Waals surface area (Å²) in [5.74, 6) is 0.434. The van der Waals surface area contributed by atoms with E-state index in [-0.39, 0.29) is 5.54 Å². The number of hydrogen-bond acceptors (Lipinski definition) is 2. The van der Waals surface area contributed by atoms with Crippen LogP contribution in [0.5, 0.6) is 0 Å². The zero-order chi connectivity index (χ0) is 28.8. The molecule has 0 saturated carbocycles. The Hall–Kier alpha value is -3.78. The van der Waals surface area contributed by atoms with Crippen LogP contribution in [0.1, 0.15) is 87.3 Å². The molecule has 0 saturated heterocycles. The Morgan fingerprint density at radius 1 is 0.767 bits per heavy atom. The van der Waals surface area contributed by atoms with Crippen molar-refractivity contribution in [3.63, 3.8) is 0 Å². The van der Waals surface area contributed by atoms with E-state index >= 15 is 0 Å². The average Bonchev–Trinajstić information content (AvgIpc) is 3.07. The van der Waals surface area contributed by atoms with E-state index in [0.29, 0.717) is 24.0 Å². The van der Waals surface area contributed by atoms with Crippen LogP contribution in [0.15, 0.2) is 109 Å². The lowest BCUT2D eigenvalue weighted by molar-refractivity contribution is 0.195. The van der Waals surface area contributed by atoms with Crippen LogP contribution in [0.25, 0.3) is 22.5 Å². The van der Waals surface area contributed by atoms with Crippen LogP contribution in [0.4, 0.5) is 5.69 Å². The second-order valence-corrected chi connectivity index (χ2v) is 13.5. The SMILES string of the molecule is CC1(N(C2=CC[C@@H]3C=Cc4c(N(C5C=CCCC5)C5CC=CCC5)ccc5ccc2c3c45)C2C=CC=CC2)C=CC=CC1. The van der Waals surface area contributed by atoms with Crippen molar-refractivity contribution in [1.82, 2.24) is 4.90 Å². The van der Waals surface area contributed by atoms with E-state index in [1.165, 1.54) is 65.4 Å². The summed E-state index contributed by atoms with van der Waals surface area (Å²) in [6.45, 7) is 2.43. The minimum atomic E-state index is -0.0664. The molecule has 5 atom stereocenters. The largest absolute Gasteiger partial charge is 0.361 e.